The number of cyclic esters (lactones) is 2. The van der Waals surface area contributed by atoms with Gasteiger partial charge >= 0.3 is 31.7 Å². The molecule has 0 aromatic heterocycles. The molecule has 0 aliphatic carbocycles. The van der Waals surface area contributed by atoms with E-state index in [-0.39, 0.29) is 37.6 Å². The lowest BCUT2D eigenvalue weighted by Crippen LogP contribution is -2.35. The standard InChI is InChI=1S/C13H19NO4.C9H15NO3.C8H15O5P/c1-13(2,3)18-12(16)14-6-4-9(8-14)10-5-7-17-11(10)15;1-9(2,3)13-8(12)10-5-4-7(11)6-10;1-3-12-14(10,13-4-2)7-5-6-11-8(7)9/h4-8H2,1-3H3;4-6H2,1-3H3;7H,3-6H2,1-2H3/b10-9+;;. The molecule has 0 radical (unpaired) electrons. The van der Waals surface area contributed by atoms with Crippen LogP contribution in [0, 0.1) is 0 Å². The van der Waals surface area contributed by atoms with Gasteiger partial charge < -0.3 is 37.8 Å². The number of likely N-dealkylation sites (tertiary alicyclic amines) is 2. The van der Waals surface area contributed by atoms with Crippen molar-refractivity contribution in [2.45, 2.75) is 97.9 Å². The Morgan fingerprint density at radius 1 is 0.800 bits per heavy atom. The van der Waals surface area contributed by atoms with Gasteiger partial charge in [-0.05, 0) is 67.4 Å². The minimum atomic E-state index is -3.30. The largest absolute Gasteiger partial charge is 0.465 e. The molecule has 0 aromatic carbocycles. The van der Waals surface area contributed by atoms with Gasteiger partial charge in [0.25, 0.3) is 0 Å². The highest BCUT2D eigenvalue weighted by molar-refractivity contribution is 7.55. The minimum Gasteiger partial charge on any atom is -0.465 e. The molecule has 1 unspecified atom stereocenters. The molecule has 1 atom stereocenters. The van der Waals surface area contributed by atoms with Crippen molar-refractivity contribution in [1.29, 1.82) is 0 Å². The number of hydrogen-bond acceptors (Lipinski definition) is 12. The number of rotatable bonds is 5. The predicted molar refractivity (Wildman–Crippen MR) is 163 cm³/mol. The number of carbonyl (C=O) groups is 5. The first kappa shape index (κ1) is 38.2. The third-order valence-electron chi connectivity index (χ3n) is 6.56. The summed E-state index contributed by atoms with van der Waals surface area (Å²) >= 11 is 0. The number of hydrogen-bond donors (Lipinski definition) is 0. The Labute approximate surface area is 265 Å². The summed E-state index contributed by atoms with van der Waals surface area (Å²) in [5, 5.41) is 0. The van der Waals surface area contributed by atoms with E-state index < -0.39 is 36.5 Å². The van der Waals surface area contributed by atoms with Crippen molar-refractivity contribution in [1.82, 2.24) is 9.80 Å². The molecule has 0 bridgehead atoms. The zero-order valence-corrected chi connectivity index (χ0v) is 28.7. The van der Waals surface area contributed by atoms with E-state index in [1.54, 1.807) is 18.7 Å². The first-order valence-corrected chi connectivity index (χ1v) is 16.9. The summed E-state index contributed by atoms with van der Waals surface area (Å²) in [6, 6.07) is 0. The van der Waals surface area contributed by atoms with Gasteiger partial charge in [0.05, 0.1) is 33.0 Å². The summed E-state index contributed by atoms with van der Waals surface area (Å²) in [6.45, 7) is 17.5. The third-order valence-corrected chi connectivity index (χ3v) is 9.03. The molecule has 0 spiro atoms. The van der Waals surface area contributed by atoms with E-state index in [4.69, 9.17) is 28.0 Å². The van der Waals surface area contributed by atoms with Crippen LogP contribution in [0.2, 0.25) is 0 Å². The molecule has 0 saturated carbocycles. The number of ketones is 1. The number of ether oxygens (including phenoxy) is 4. The second kappa shape index (κ2) is 16.6. The zero-order valence-electron chi connectivity index (χ0n) is 27.8. The molecular weight excluding hydrogens is 611 g/mol. The van der Waals surface area contributed by atoms with E-state index in [1.165, 1.54) is 4.90 Å². The van der Waals surface area contributed by atoms with Crippen LogP contribution in [0.25, 0.3) is 0 Å². The van der Waals surface area contributed by atoms with Gasteiger partial charge in [-0.15, -0.1) is 0 Å². The number of carbonyl (C=O) groups excluding carboxylic acids is 5. The van der Waals surface area contributed by atoms with Crippen molar-refractivity contribution in [2.24, 2.45) is 0 Å². The molecule has 0 aromatic rings. The van der Waals surface area contributed by atoms with Crippen LogP contribution in [0.5, 0.6) is 0 Å². The van der Waals surface area contributed by atoms with Crippen LogP contribution < -0.4 is 0 Å². The van der Waals surface area contributed by atoms with Gasteiger partial charge in [0.1, 0.15) is 11.2 Å². The maximum atomic E-state index is 12.1. The first-order chi connectivity index (χ1) is 20.9. The van der Waals surface area contributed by atoms with Gasteiger partial charge in [-0.25, -0.2) is 14.4 Å². The summed E-state index contributed by atoms with van der Waals surface area (Å²) in [5.41, 5.74) is 0.0638. The lowest BCUT2D eigenvalue weighted by molar-refractivity contribution is -0.138. The highest BCUT2D eigenvalue weighted by Gasteiger charge is 2.45. The van der Waals surface area contributed by atoms with Gasteiger partial charge in [-0.3, -0.25) is 14.2 Å². The lowest BCUT2D eigenvalue weighted by Gasteiger charge is -2.24. The summed E-state index contributed by atoms with van der Waals surface area (Å²) in [7, 11) is -3.30. The smallest absolute Gasteiger partial charge is 0.410 e. The molecule has 4 aliphatic heterocycles. The fourth-order valence-electron chi connectivity index (χ4n) is 4.61. The van der Waals surface area contributed by atoms with Gasteiger partial charge in [0.15, 0.2) is 11.4 Å². The van der Waals surface area contributed by atoms with Crippen molar-refractivity contribution < 1.29 is 56.5 Å². The van der Waals surface area contributed by atoms with Crippen molar-refractivity contribution in [3.8, 4) is 0 Å². The molecule has 4 heterocycles. The second-order valence-electron chi connectivity index (χ2n) is 12.7. The summed E-state index contributed by atoms with van der Waals surface area (Å²) in [6.07, 6.45) is 1.57. The molecular formula is C30H49N2O12P. The van der Waals surface area contributed by atoms with Crippen molar-refractivity contribution in [2.75, 3.05) is 52.6 Å². The Morgan fingerprint density at radius 2 is 1.33 bits per heavy atom. The average molecular weight is 661 g/mol. The summed E-state index contributed by atoms with van der Waals surface area (Å²) in [4.78, 5) is 59.8. The monoisotopic (exact) mass is 660 g/mol. The molecule has 2 amide bonds. The van der Waals surface area contributed by atoms with Gasteiger partial charge in [0, 0.05) is 44.5 Å². The van der Waals surface area contributed by atoms with Crippen LogP contribution in [0.3, 0.4) is 0 Å². The van der Waals surface area contributed by atoms with E-state index >= 15 is 0 Å². The Morgan fingerprint density at radius 3 is 1.73 bits per heavy atom. The first-order valence-electron chi connectivity index (χ1n) is 15.3. The fourth-order valence-corrected chi connectivity index (χ4v) is 6.51. The Kier molecular flexibility index (Phi) is 14.1. The van der Waals surface area contributed by atoms with E-state index in [9.17, 15) is 28.5 Å². The lowest BCUT2D eigenvalue weighted by atomic mass is 10.1. The fraction of sp³-hybridized carbons (Fsp3) is 0.767. The van der Waals surface area contributed by atoms with Crippen molar-refractivity contribution >= 4 is 37.5 Å². The highest BCUT2D eigenvalue weighted by atomic mass is 31.2. The highest BCUT2D eigenvalue weighted by Crippen LogP contribution is 2.55. The number of esters is 2. The normalized spacial score (nSPS) is 21.9. The van der Waals surface area contributed by atoms with Crippen molar-refractivity contribution in [3.63, 3.8) is 0 Å². The molecule has 45 heavy (non-hydrogen) atoms. The molecule has 14 nitrogen and oxygen atoms in total. The van der Waals surface area contributed by atoms with Crippen LogP contribution in [0.15, 0.2) is 11.1 Å². The zero-order chi connectivity index (χ0) is 34.0. The molecule has 256 valence electrons. The second-order valence-corrected chi connectivity index (χ2v) is 14.9. The molecule has 0 N–H and O–H groups in total. The van der Waals surface area contributed by atoms with Crippen molar-refractivity contribution in [3.05, 3.63) is 11.1 Å². The van der Waals surface area contributed by atoms with E-state index in [0.29, 0.717) is 52.1 Å². The minimum absolute atomic E-state index is 0.103. The third kappa shape index (κ3) is 12.4. The number of amides is 2. The van der Waals surface area contributed by atoms with Crippen LogP contribution in [-0.4, -0.2) is 109 Å². The number of Topliss-reactive ketones (excluding diaryl/α,β-unsaturated/α-hetero) is 1. The van der Waals surface area contributed by atoms with E-state index in [1.807, 2.05) is 41.5 Å². The Hall–Kier alpha value is -2.96. The quantitative estimate of drug-likeness (QED) is 0.174. The maximum Gasteiger partial charge on any atom is 0.410 e. The van der Waals surface area contributed by atoms with Gasteiger partial charge in [-0.2, -0.15) is 0 Å². The molecule has 4 fully saturated rings. The molecule has 4 aliphatic rings. The maximum absolute atomic E-state index is 12.1. The van der Waals surface area contributed by atoms with Crippen LogP contribution in [-0.2, 0) is 46.9 Å². The topological polar surface area (TPSA) is 164 Å². The van der Waals surface area contributed by atoms with Crippen LogP contribution >= 0.6 is 7.60 Å². The molecule has 15 heteroatoms. The van der Waals surface area contributed by atoms with E-state index in [2.05, 4.69) is 0 Å². The Bertz CT molecular complexity index is 1160. The molecule has 4 saturated heterocycles. The van der Waals surface area contributed by atoms with E-state index in [0.717, 1.165) is 17.6 Å². The summed E-state index contributed by atoms with van der Waals surface area (Å²) < 4.78 is 42.3. The Balaban J connectivity index is 0.000000239. The SMILES string of the molecule is CC(C)(C)OC(=O)N1CC/C(=C2/CCOC2=O)C1.CC(C)(C)OC(=O)N1CCC(=O)C1.CCOP(=O)(OCC)C1CCOC1=O. The van der Waals surface area contributed by atoms with Gasteiger partial charge in [0.2, 0.25) is 0 Å². The predicted octanol–water partition coefficient (Wildman–Crippen LogP) is 4.64. The summed E-state index contributed by atoms with van der Waals surface area (Å²) in [5.74, 6) is -0.600. The molecule has 4 rings (SSSR count). The van der Waals surface area contributed by atoms with Crippen LogP contribution in [0.1, 0.15) is 81.1 Å². The van der Waals surface area contributed by atoms with Crippen LogP contribution in [0.4, 0.5) is 9.59 Å². The number of nitrogens with zero attached hydrogens (tertiary/aromatic N) is 2. The van der Waals surface area contributed by atoms with Gasteiger partial charge in [-0.1, -0.05) is 0 Å². The average Bonchev–Trinajstić information content (AvgIpc) is 3.71.